The molecule has 0 bridgehead atoms. The molecule has 0 fully saturated rings. The van der Waals surface area contributed by atoms with E-state index in [0.29, 0.717) is 0 Å². The van der Waals surface area contributed by atoms with Gasteiger partial charge in [-0.2, -0.15) is 0 Å². The topological polar surface area (TPSA) is 34.1 Å². The first-order valence-electron chi connectivity index (χ1n) is 7.29. The number of anilines is 2. The van der Waals surface area contributed by atoms with Crippen molar-refractivity contribution < 1.29 is 4.74 Å². The summed E-state index contributed by atoms with van der Waals surface area (Å²) >= 11 is 0. The Morgan fingerprint density at radius 2 is 1.85 bits per heavy atom. The molecule has 0 saturated carbocycles. The van der Waals surface area contributed by atoms with Gasteiger partial charge in [0.25, 0.3) is 0 Å². The van der Waals surface area contributed by atoms with Crippen LogP contribution in [0.4, 0.5) is 11.5 Å². The van der Waals surface area contributed by atoms with Crippen molar-refractivity contribution in [2.75, 3.05) is 11.9 Å². The summed E-state index contributed by atoms with van der Waals surface area (Å²) in [6.45, 7) is 3.02. The quantitative estimate of drug-likeness (QED) is 0.701. The highest BCUT2D eigenvalue weighted by molar-refractivity contribution is 5.56. The Morgan fingerprint density at radius 1 is 1.00 bits per heavy atom. The van der Waals surface area contributed by atoms with Gasteiger partial charge in [0.1, 0.15) is 11.6 Å². The van der Waals surface area contributed by atoms with E-state index in [1.54, 1.807) is 6.20 Å². The molecule has 2 rings (SSSR count). The zero-order chi connectivity index (χ0) is 14.0. The Balaban J connectivity index is 1.78. The predicted octanol–water partition coefficient (Wildman–Crippen LogP) is 4.78. The van der Waals surface area contributed by atoms with Crippen LogP contribution >= 0.6 is 0 Å². The van der Waals surface area contributed by atoms with Crippen molar-refractivity contribution in [3.8, 4) is 5.75 Å². The SMILES string of the molecule is CCCCCCOc1ccc(Nc2ccccn2)cc1. The van der Waals surface area contributed by atoms with Gasteiger partial charge in [-0.25, -0.2) is 4.98 Å². The first-order chi connectivity index (χ1) is 9.88. The van der Waals surface area contributed by atoms with Crippen LogP contribution in [0.15, 0.2) is 48.7 Å². The van der Waals surface area contributed by atoms with Crippen LogP contribution in [0.2, 0.25) is 0 Å². The molecule has 3 heteroatoms. The lowest BCUT2D eigenvalue weighted by Gasteiger charge is -2.08. The van der Waals surface area contributed by atoms with Gasteiger partial charge in [-0.1, -0.05) is 32.3 Å². The molecule has 0 aliphatic heterocycles. The molecule has 1 N–H and O–H groups in total. The molecule has 0 unspecified atom stereocenters. The molecule has 0 aliphatic rings. The Hall–Kier alpha value is -2.03. The lowest BCUT2D eigenvalue weighted by molar-refractivity contribution is 0.305. The first-order valence-corrected chi connectivity index (χ1v) is 7.29. The van der Waals surface area contributed by atoms with Crippen molar-refractivity contribution in [3.63, 3.8) is 0 Å². The summed E-state index contributed by atoms with van der Waals surface area (Å²) in [4.78, 5) is 4.23. The maximum atomic E-state index is 5.71. The normalized spacial score (nSPS) is 10.2. The Labute approximate surface area is 121 Å². The average molecular weight is 270 g/mol. The molecule has 0 amide bonds. The van der Waals surface area contributed by atoms with Crippen molar-refractivity contribution >= 4 is 11.5 Å². The van der Waals surface area contributed by atoms with E-state index in [0.717, 1.165) is 30.3 Å². The number of hydrogen-bond donors (Lipinski definition) is 1. The standard InChI is InChI=1S/C17H22N2O/c1-2-3-4-7-14-20-16-11-9-15(10-12-16)19-17-8-5-6-13-18-17/h5-6,8-13H,2-4,7,14H2,1H3,(H,18,19). The van der Waals surface area contributed by atoms with Gasteiger partial charge in [0.2, 0.25) is 0 Å². The van der Waals surface area contributed by atoms with E-state index >= 15 is 0 Å². The Morgan fingerprint density at radius 3 is 2.55 bits per heavy atom. The highest BCUT2D eigenvalue weighted by atomic mass is 16.5. The smallest absolute Gasteiger partial charge is 0.130 e. The minimum Gasteiger partial charge on any atom is -0.494 e. The molecule has 1 aromatic heterocycles. The summed E-state index contributed by atoms with van der Waals surface area (Å²) in [6.07, 6.45) is 6.69. The number of pyridine rings is 1. The van der Waals surface area contributed by atoms with Crippen molar-refractivity contribution in [1.29, 1.82) is 0 Å². The number of unbranched alkanes of at least 4 members (excludes halogenated alkanes) is 3. The number of nitrogens with one attached hydrogen (secondary N) is 1. The van der Waals surface area contributed by atoms with Crippen LogP contribution < -0.4 is 10.1 Å². The monoisotopic (exact) mass is 270 g/mol. The Bertz CT molecular complexity index is 482. The van der Waals surface area contributed by atoms with Gasteiger partial charge < -0.3 is 10.1 Å². The van der Waals surface area contributed by atoms with Crippen LogP contribution in [0, 0.1) is 0 Å². The van der Waals surface area contributed by atoms with Gasteiger partial charge in [0.05, 0.1) is 6.61 Å². The summed E-state index contributed by atoms with van der Waals surface area (Å²) < 4.78 is 5.71. The minimum atomic E-state index is 0.799. The summed E-state index contributed by atoms with van der Waals surface area (Å²) in [7, 11) is 0. The van der Waals surface area contributed by atoms with Crippen LogP contribution in [-0.4, -0.2) is 11.6 Å². The number of aromatic nitrogens is 1. The molecule has 106 valence electrons. The molecule has 1 aromatic carbocycles. The van der Waals surface area contributed by atoms with E-state index in [2.05, 4.69) is 17.2 Å². The molecule has 0 aliphatic carbocycles. The summed E-state index contributed by atoms with van der Waals surface area (Å²) in [6, 6.07) is 13.8. The number of hydrogen-bond acceptors (Lipinski definition) is 3. The van der Waals surface area contributed by atoms with Gasteiger partial charge >= 0.3 is 0 Å². The maximum absolute atomic E-state index is 5.71. The third kappa shape index (κ3) is 4.92. The number of benzene rings is 1. The van der Waals surface area contributed by atoms with Gasteiger partial charge in [-0.3, -0.25) is 0 Å². The molecule has 0 spiro atoms. The van der Waals surface area contributed by atoms with Crippen molar-refractivity contribution in [1.82, 2.24) is 4.98 Å². The van der Waals surface area contributed by atoms with Crippen molar-refractivity contribution in [3.05, 3.63) is 48.7 Å². The lowest BCUT2D eigenvalue weighted by atomic mass is 10.2. The summed E-state index contributed by atoms with van der Waals surface area (Å²) in [5, 5.41) is 3.25. The molecular weight excluding hydrogens is 248 g/mol. The van der Waals surface area contributed by atoms with Gasteiger partial charge in [-0.15, -0.1) is 0 Å². The second-order valence-electron chi connectivity index (χ2n) is 4.77. The minimum absolute atomic E-state index is 0.799. The third-order valence-corrected chi connectivity index (χ3v) is 3.06. The van der Waals surface area contributed by atoms with Gasteiger partial charge in [0.15, 0.2) is 0 Å². The van der Waals surface area contributed by atoms with E-state index in [4.69, 9.17) is 4.74 Å². The molecule has 2 aromatic rings. The van der Waals surface area contributed by atoms with E-state index < -0.39 is 0 Å². The van der Waals surface area contributed by atoms with E-state index in [9.17, 15) is 0 Å². The van der Waals surface area contributed by atoms with Crippen LogP contribution in [0.1, 0.15) is 32.6 Å². The number of nitrogens with zero attached hydrogens (tertiary/aromatic N) is 1. The Kier molecular flexibility index (Phi) is 5.90. The maximum Gasteiger partial charge on any atom is 0.130 e. The largest absolute Gasteiger partial charge is 0.494 e. The van der Waals surface area contributed by atoms with Crippen LogP contribution in [0.25, 0.3) is 0 Å². The van der Waals surface area contributed by atoms with Crippen molar-refractivity contribution in [2.45, 2.75) is 32.6 Å². The fourth-order valence-corrected chi connectivity index (χ4v) is 1.94. The number of rotatable bonds is 8. The molecule has 20 heavy (non-hydrogen) atoms. The fraction of sp³-hybridized carbons (Fsp3) is 0.353. The number of ether oxygens (including phenoxy) is 1. The highest BCUT2D eigenvalue weighted by Gasteiger charge is 1.97. The molecule has 0 saturated heterocycles. The van der Waals surface area contributed by atoms with Crippen LogP contribution in [0.3, 0.4) is 0 Å². The average Bonchev–Trinajstić information content (AvgIpc) is 2.50. The predicted molar refractivity (Wildman–Crippen MR) is 83.6 cm³/mol. The second-order valence-corrected chi connectivity index (χ2v) is 4.77. The van der Waals surface area contributed by atoms with Crippen LogP contribution in [-0.2, 0) is 0 Å². The molecule has 0 radical (unpaired) electrons. The lowest BCUT2D eigenvalue weighted by Crippen LogP contribution is -1.97. The van der Waals surface area contributed by atoms with Crippen LogP contribution in [0.5, 0.6) is 5.75 Å². The molecular formula is C17H22N2O. The highest BCUT2D eigenvalue weighted by Crippen LogP contribution is 2.19. The van der Waals surface area contributed by atoms with Crippen molar-refractivity contribution in [2.24, 2.45) is 0 Å². The summed E-state index contributed by atoms with van der Waals surface area (Å²) in [5.41, 5.74) is 1.02. The molecule has 1 heterocycles. The zero-order valence-electron chi connectivity index (χ0n) is 12.0. The second kappa shape index (κ2) is 8.20. The molecule has 0 atom stereocenters. The van der Waals surface area contributed by atoms with E-state index in [-0.39, 0.29) is 0 Å². The fourth-order valence-electron chi connectivity index (χ4n) is 1.94. The zero-order valence-corrected chi connectivity index (χ0v) is 12.0. The van der Waals surface area contributed by atoms with Gasteiger partial charge in [0, 0.05) is 11.9 Å². The summed E-state index contributed by atoms with van der Waals surface area (Å²) in [5.74, 6) is 1.77. The van der Waals surface area contributed by atoms with E-state index in [1.807, 2.05) is 42.5 Å². The first kappa shape index (κ1) is 14.4. The third-order valence-electron chi connectivity index (χ3n) is 3.06. The van der Waals surface area contributed by atoms with Gasteiger partial charge in [-0.05, 0) is 42.8 Å². The molecule has 3 nitrogen and oxygen atoms in total. The van der Waals surface area contributed by atoms with E-state index in [1.165, 1.54) is 19.3 Å².